The number of esters is 1. The minimum atomic E-state index is -0.646. The molecule has 1 aliphatic carbocycles. The minimum Gasteiger partial charge on any atom is -0.479 e. The Morgan fingerprint density at radius 3 is 2.32 bits per heavy atom. The molecule has 0 aromatic heterocycles. The Morgan fingerprint density at radius 1 is 1.18 bits per heavy atom. The Balaban J connectivity index is 1.99. The highest BCUT2D eigenvalue weighted by Crippen LogP contribution is 2.39. The fourth-order valence-corrected chi connectivity index (χ4v) is 3.06. The molecular formula is C19H26O3. The maximum absolute atomic E-state index is 11.7. The van der Waals surface area contributed by atoms with E-state index in [2.05, 4.69) is 25.6 Å². The van der Waals surface area contributed by atoms with Crippen LogP contribution in [-0.2, 0) is 14.9 Å². The van der Waals surface area contributed by atoms with E-state index in [-0.39, 0.29) is 5.41 Å². The Labute approximate surface area is 133 Å². The van der Waals surface area contributed by atoms with Gasteiger partial charge in [0.05, 0.1) is 5.76 Å². The Kier molecular flexibility index (Phi) is 5.28. The quantitative estimate of drug-likeness (QED) is 0.581. The lowest BCUT2D eigenvalue weighted by Crippen LogP contribution is -2.26. The van der Waals surface area contributed by atoms with Gasteiger partial charge in [0.2, 0.25) is 0 Å². The maximum atomic E-state index is 11.7. The predicted octanol–water partition coefficient (Wildman–Crippen LogP) is 4.75. The van der Waals surface area contributed by atoms with Crippen LogP contribution in [0.2, 0.25) is 0 Å². The Hall–Kier alpha value is -1.77. The van der Waals surface area contributed by atoms with Crippen LogP contribution in [0.5, 0.6) is 5.75 Å². The van der Waals surface area contributed by atoms with Crippen molar-refractivity contribution in [2.24, 2.45) is 0 Å². The van der Waals surface area contributed by atoms with Gasteiger partial charge in [0.25, 0.3) is 0 Å². The molecule has 0 N–H and O–H groups in total. The van der Waals surface area contributed by atoms with Crippen molar-refractivity contribution in [3.63, 3.8) is 0 Å². The number of carbonyl (C=O) groups excluding carboxylic acids is 1. The van der Waals surface area contributed by atoms with E-state index in [1.165, 1.54) is 37.7 Å². The van der Waals surface area contributed by atoms with Crippen LogP contribution >= 0.6 is 0 Å². The van der Waals surface area contributed by atoms with E-state index in [4.69, 9.17) is 9.47 Å². The highest BCUT2D eigenvalue weighted by molar-refractivity contribution is 5.75. The summed E-state index contributed by atoms with van der Waals surface area (Å²) in [4.78, 5) is 11.7. The third-order valence-corrected chi connectivity index (χ3v) is 4.43. The Morgan fingerprint density at radius 2 is 1.77 bits per heavy atom. The number of ether oxygens (including phenoxy) is 2. The number of rotatable bonds is 5. The van der Waals surface area contributed by atoms with Gasteiger partial charge in [0.15, 0.2) is 6.10 Å². The molecule has 0 spiro atoms. The van der Waals surface area contributed by atoms with Gasteiger partial charge in [-0.2, -0.15) is 0 Å². The zero-order valence-electron chi connectivity index (χ0n) is 13.9. The molecule has 0 saturated heterocycles. The lowest BCUT2D eigenvalue weighted by Gasteiger charge is -2.34. The molecule has 0 heterocycles. The molecule has 22 heavy (non-hydrogen) atoms. The molecule has 1 aliphatic rings. The number of hydrogen-bond acceptors (Lipinski definition) is 3. The van der Waals surface area contributed by atoms with Gasteiger partial charge in [-0.1, -0.05) is 44.9 Å². The second kappa shape index (κ2) is 6.99. The molecule has 1 saturated carbocycles. The van der Waals surface area contributed by atoms with Crippen LogP contribution in [0.25, 0.3) is 0 Å². The van der Waals surface area contributed by atoms with Gasteiger partial charge in [-0.15, -0.1) is 0 Å². The molecule has 1 aromatic carbocycles. The van der Waals surface area contributed by atoms with Crippen molar-refractivity contribution < 1.29 is 14.3 Å². The van der Waals surface area contributed by atoms with E-state index >= 15 is 0 Å². The molecule has 0 radical (unpaired) electrons. The Bertz CT molecular complexity index is 524. The summed E-state index contributed by atoms with van der Waals surface area (Å²) < 4.78 is 10.6. The van der Waals surface area contributed by atoms with Gasteiger partial charge in [-0.25, -0.2) is 4.79 Å². The fraction of sp³-hybridized carbons (Fsp3) is 0.526. The summed E-state index contributed by atoms with van der Waals surface area (Å²) >= 11 is 0. The van der Waals surface area contributed by atoms with Crippen LogP contribution < -0.4 is 4.74 Å². The summed E-state index contributed by atoms with van der Waals surface area (Å²) in [5, 5.41) is 0. The summed E-state index contributed by atoms with van der Waals surface area (Å²) in [7, 11) is 0. The first-order valence-electron chi connectivity index (χ1n) is 8.05. The third kappa shape index (κ3) is 4.12. The smallest absolute Gasteiger partial charge is 0.352 e. The van der Waals surface area contributed by atoms with Gasteiger partial charge in [-0.05, 0) is 49.8 Å². The van der Waals surface area contributed by atoms with Crippen molar-refractivity contribution >= 4 is 5.97 Å². The second-order valence-electron chi connectivity index (χ2n) is 6.53. The van der Waals surface area contributed by atoms with Crippen LogP contribution in [0.4, 0.5) is 0 Å². The lowest BCUT2D eigenvalue weighted by atomic mass is 9.71. The van der Waals surface area contributed by atoms with E-state index < -0.39 is 12.1 Å². The molecule has 0 amide bonds. The average Bonchev–Trinajstić information content (AvgIpc) is 2.48. The first kappa shape index (κ1) is 16.6. The van der Waals surface area contributed by atoms with Gasteiger partial charge < -0.3 is 9.47 Å². The zero-order chi connectivity index (χ0) is 16.2. The predicted molar refractivity (Wildman–Crippen MR) is 87.9 cm³/mol. The molecule has 1 fully saturated rings. The van der Waals surface area contributed by atoms with Crippen molar-refractivity contribution in [1.82, 2.24) is 0 Å². The number of benzene rings is 1. The molecule has 120 valence electrons. The van der Waals surface area contributed by atoms with Crippen molar-refractivity contribution in [2.45, 2.75) is 64.4 Å². The molecule has 3 nitrogen and oxygen atoms in total. The second-order valence-corrected chi connectivity index (χ2v) is 6.53. The first-order valence-corrected chi connectivity index (χ1v) is 8.05. The van der Waals surface area contributed by atoms with Crippen LogP contribution in [0, 0.1) is 0 Å². The molecule has 0 aliphatic heterocycles. The summed E-state index contributed by atoms with van der Waals surface area (Å²) in [6.07, 6.45) is 5.80. The van der Waals surface area contributed by atoms with E-state index in [1.54, 1.807) is 13.8 Å². The van der Waals surface area contributed by atoms with Crippen LogP contribution in [0.15, 0.2) is 36.6 Å². The lowest BCUT2D eigenvalue weighted by molar-refractivity contribution is -0.146. The molecule has 0 bridgehead atoms. The largest absolute Gasteiger partial charge is 0.479 e. The topological polar surface area (TPSA) is 35.5 Å². The molecule has 2 rings (SSSR count). The molecule has 1 atom stereocenters. The SMILES string of the molecule is C=C(C)OC(=O)C(C)Oc1ccc(C2(C)CCCCC2)cc1. The molecule has 3 heteroatoms. The zero-order valence-corrected chi connectivity index (χ0v) is 13.9. The van der Waals surface area contributed by atoms with Crippen molar-refractivity contribution in [1.29, 1.82) is 0 Å². The van der Waals surface area contributed by atoms with E-state index in [1.807, 2.05) is 12.1 Å². The normalized spacial score (nSPS) is 18.3. The average molecular weight is 302 g/mol. The summed E-state index contributed by atoms with van der Waals surface area (Å²) in [5.41, 5.74) is 1.64. The number of allylic oxidation sites excluding steroid dienone is 1. The standard InChI is InChI=1S/C19H26O3/c1-14(2)21-18(20)15(3)22-17-10-8-16(9-11-17)19(4)12-6-5-7-13-19/h8-11,15H,1,5-7,12-13H2,2-4H3. The maximum Gasteiger partial charge on any atom is 0.352 e. The summed E-state index contributed by atoms with van der Waals surface area (Å²) in [6.45, 7) is 9.22. The van der Waals surface area contributed by atoms with Crippen molar-refractivity contribution in [3.8, 4) is 5.75 Å². The summed E-state index contributed by atoms with van der Waals surface area (Å²) in [5.74, 6) is 0.645. The number of hydrogen-bond donors (Lipinski definition) is 0. The van der Waals surface area contributed by atoms with Crippen molar-refractivity contribution in [2.75, 3.05) is 0 Å². The third-order valence-electron chi connectivity index (χ3n) is 4.43. The van der Waals surface area contributed by atoms with Gasteiger partial charge in [-0.3, -0.25) is 0 Å². The van der Waals surface area contributed by atoms with Crippen molar-refractivity contribution in [3.05, 3.63) is 42.2 Å². The van der Waals surface area contributed by atoms with Gasteiger partial charge in [0, 0.05) is 0 Å². The van der Waals surface area contributed by atoms with Gasteiger partial charge in [0.1, 0.15) is 5.75 Å². The van der Waals surface area contributed by atoms with Crippen LogP contribution in [0.1, 0.15) is 58.4 Å². The van der Waals surface area contributed by atoms with E-state index in [0.717, 1.165) is 0 Å². The summed E-state index contributed by atoms with van der Waals surface area (Å²) in [6, 6.07) is 8.13. The molecule has 1 aromatic rings. The van der Waals surface area contributed by atoms with Gasteiger partial charge >= 0.3 is 5.97 Å². The fourth-order valence-electron chi connectivity index (χ4n) is 3.06. The molecule has 1 unspecified atom stereocenters. The van der Waals surface area contributed by atoms with Crippen LogP contribution in [0.3, 0.4) is 0 Å². The van der Waals surface area contributed by atoms with Crippen LogP contribution in [-0.4, -0.2) is 12.1 Å². The minimum absolute atomic E-state index is 0.279. The first-order chi connectivity index (χ1) is 10.4. The highest BCUT2D eigenvalue weighted by Gasteiger charge is 2.28. The number of carbonyl (C=O) groups is 1. The van der Waals surface area contributed by atoms with E-state index in [9.17, 15) is 4.79 Å². The molecular weight excluding hydrogens is 276 g/mol. The highest BCUT2D eigenvalue weighted by atomic mass is 16.6. The monoisotopic (exact) mass is 302 g/mol. The van der Waals surface area contributed by atoms with E-state index in [0.29, 0.717) is 11.5 Å².